The van der Waals surface area contributed by atoms with Crippen LogP contribution in [0.2, 0.25) is 0 Å². The smallest absolute Gasteiger partial charge is 0.399 e. The molecular formula is C14H20BNO2S. The van der Waals surface area contributed by atoms with E-state index in [9.17, 15) is 0 Å². The highest BCUT2D eigenvalue weighted by Gasteiger charge is 2.52. The maximum atomic E-state index is 6.07. The minimum Gasteiger partial charge on any atom is -0.399 e. The van der Waals surface area contributed by atoms with Gasteiger partial charge in [0, 0.05) is 6.42 Å². The Hall–Kier alpha value is -0.905. The first-order valence-electron chi connectivity index (χ1n) is 6.45. The molecular weight excluding hydrogens is 257 g/mol. The van der Waals surface area contributed by atoms with Gasteiger partial charge in [0.25, 0.3) is 0 Å². The summed E-state index contributed by atoms with van der Waals surface area (Å²) in [5, 5.41) is 0. The summed E-state index contributed by atoms with van der Waals surface area (Å²) in [4.78, 5) is 0.476. The summed E-state index contributed by atoms with van der Waals surface area (Å²) in [6, 6.07) is 7.97. The summed E-state index contributed by atoms with van der Waals surface area (Å²) in [5.74, 6) is 0. The normalized spacial score (nSPS) is 20.5. The third-order valence-corrected chi connectivity index (χ3v) is 4.07. The van der Waals surface area contributed by atoms with E-state index in [1.54, 1.807) is 0 Å². The summed E-state index contributed by atoms with van der Waals surface area (Å²) in [6.45, 7) is 8.18. The minimum atomic E-state index is -0.365. The van der Waals surface area contributed by atoms with Crippen LogP contribution >= 0.6 is 12.2 Å². The van der Waals surface area contributed by atoms with E-state index in [-0.39, 0.29) is 18.3 Å². The summed E-state index contributed by atoms with van der Waals surface area (Å²) >= 11 is 5.00. The number of thiocarbonyl (C=S) groups is 1. The van der Waals surface area contributed by atoms with Gasteiger partial charge in [0.15, 0.2) is 0 Å². The average molecular weight is 277 g/mol. The number of nitrogens with two attached hydrogens (primary N) is 1. The molecule has 1 aliphatic rings. The lowest BCUT2D eigenvalue weighted by Crippen LogP contribution is -2.41. The second-order valence-electron chi connectivity index (χ2n) is 5.93. The Morgan fingerprint density at radius 3 is 2.21 bits per heavy atom. The summed E-state index contributed by atoms with van der Waals surface area (Å²) < 4.78 is 12.1. The van der Waals surface area contributed by atoms with Crippen LogP contribution in [0.1, 0.15) is 33.3 Å². The average Bonchev–Trinajstić information content (AvgIpc) is 2.48. The number of hydrogen-bond donors (Lipinski definition) is 1. The van der Waals surface area contributed by atoms with Crippen molar-refractivity contribution in [3.05, 3.63) is 29.8 Å². The molecule has 5 heteroatoms. The van der Waals surface area contributed by atoms with Crippen LogP contribution in [0.15, 0.2) is 24.3 Å². The fraction of sp³-hybridized carbons (Fsp3) is 0.500. The van der Waals surface area contributed by atoms with Gasteiger partial charge in [-0.05, 0) is 38.7 Å². The molecule has 0 amide bonds. The van der Waals surface area contributed by atoms with Crippen LogP contribution in [0.5, 0.6) is 0 Å². The third-order valence-electron chi connectivity index (χ3n) is 3.93. The van der Waals surface area contributed by atoms with Gasteiger partial charge in [-0.3, -0.25) is 0 Å². The molecule has 0 atom stereocenters. The molecule has 1 heterocycles. The zero-order valence-corrected chi connectivity index (χ0v) is 12.7. The van der Waals surface area contributed by atoms with Gasteiger partial charge < -0.3 is 15.0 Å². The van der Waals surface area contributed by atoms with Crippen molar-refractivity contribution in [2.24, 2.45) is 5.73 Å². The zero-order chi connectivity index (χ0) is 14.3. The maximum absolute atomic E-state index is 6.07. The molecule has 0 saturated carbocycles. The minimum absolute atomic E-state index is 0.339. The van der Waals surface area contributed by atoms with Crippen LogP contribution in [0, 0.1) is 0 Å². The predicted octanol–water partition coefficient (Wildman–Crippen LogP) is 1.81. The van der Waals surface area contributed by atoms with Crippen molar-refractivity contribution < 1.29 is 9.31 Å². The quantitative estimate of drug-likeness (QED) is 0.676. The van der Waals surface area contributed by atoms with Gasteiger partial charge in [-0.15, -0.1) is 0 Å². The first-order valence-corrected chi connectivity index (χ1v) is 6.85. The molecule has 1 aliphatic heterocycles. The van der Waals surface area contributed by atoms with Crippen molar-refractivity contribution in [2.45, 2.75) is 45.3 Å². The molecule has 1 saturated heterocycles. The molecule has 102 valence electrons. The predicted molar refractivity (Wildman–Crippen MR) is 82.6 cm³/mol. The first kappa shape index (κ1) is 14.5. The van der Waals surface area contributed by atoms with E-state index in [4.69, 9.17) is 27.3 Å². The standard InChI is InChI=1S/C14H20BNO2S/c1-13(2)14(3,4)18-15(17-13)11-8-6-5-7-10(11)9-12(16)19/h5-8H,9H2,1-4H3,(H2,16,19). The highest BCUT2D eigenvalue weighted by Crippen LogP contribution is 2.36. The molecule has 0 unspecified atom stereocenters. The zero-order valence-electron chi connectivity index (χ0n) is 11.9. The van der Waals surface area contributed by atoms with Crippen LogP contribution in [0.25, 0.3) is 0 Å². The molecule has 3 nitrogen and oxygen atoms in total. The molecule has 1 aromatic rings. The van der Waals surface area contributed by atoms with Crippen LogP contribution in [-0.4, -0.2) is 23.3 Å². The second kappa shape index (κ2) is 4.89. The molecule has 0 aromatic heterocycles. The van der Waals surface area contributed by atoms with Crippen molar-refractivity contribution in [3.8, 4) is 0 Å². The van der Waals surface area contributed by atoms with Crippen molar-refractivity contribution in [1.29, 1.82) is 0 Å². The van der Waals surface area contributed by atoms with Crippen molar-refractivity contribution in [2.75, 3.05) is 0 Å². The molecule has 0 bridgehead atoms. The molecule has 2 rings (SSSR count). The second-order valence-corrected chi connectivity index (χ2v) is 6.45. The number of rotatable bonds is 3. The number of benzene rings is 1. The summed E-state index contributed by atoms with van der Waals surface area (Å²) in [6.07, 6.45) is 0.565. The van der Waals surface area contributed by atoms with Crippen molar-refractivity contribution >= 4 is 29.8 Å². The molecule has 0 aliphatic carbocycles. The highest BCUT2D eigenvalue weighted by molar-refractivity contribution is 7.80. The van der Waals surface area contributed by atoms with Crippen molar-refractivity contribution in [1.82, 2.24) is 0 Å². The molecule has 2 N–H and O–H groups in total. The van der Waals surface area contributed by atoms with E-state index in [1.807, 2.05) is 52.0 Å². The van der Waals surface area contributed by atoms with Crippen LogP contribution in [-0.2, 0) is 15.7 Å². The van der Waals surface area contributed by atoms with Gasteiger partial charge in [0.1, 0.15) is 0 Å². The Balaban J connectivity index is 2.32. The van der Waals surface area contributed by atoms with Crippen LogP contribution < -0.4 is 11.2 Å². The van der Waals surface area contributed by atoms with Gasteiger partial charge in [-0.25, -0.2) is 0 Å². The Morgan fingerprint density at radius 1 is 1.16 bits per heavy atom. The lowest BCUT2D eigenvalue weighted by molar-refractivity contribution is 0.00578. The summed E-state index contributed by atoms with van der Waals surface area (Å²) in [5.41, 5.74) is 7.04. The van der Waals surface area contributed by atoms with E-state index in [0.29, 0.717) is 11.4 Å². The van der Waals surface area contributed by atoms with Gasteiger partial charge in [0.05, 0.1) is 16.2 Å². The van der Waals surface area contributed by atoms with Crippen LogP contribution in [0.4, 0.5) is 0 Å². The van der Waals surface area contributed by atoms with Gasteiger partial charge in [-0.1, -0.05) is 36.5 Å². The fourth-order valence-corrected chi connectivity index (χ4v) is 2.24. The lowest BCUT2D eigenvalue weighted by atomic mass is 9.75. The Morgan fingerprint density at radius 2 is 1.68 bits per heavy atom. The molecule has 1 fully saturated rings. The fourth-order valence-electron chi connectivity index (χ4n) is 2.08. The topological polar surface area (TPSA) is 44.5 Å². The van der Waals surface area contributed by atoms with Crippen molar-refractivity contribution in [3.63, 3.8) is 0 Å². The molecule has 0 spiro atoms. The Bertz CT molecular complexity index is 486. The molecule has 19 heavy (non-hydrogen) atoms. The summed E-state index contributed by atoms with van der Waals surface area (Å²) in [7, 11) is -0.365. The SMILES string of the molecule is CC1(C)OB(c2ccccc2CC(N)=S)OC1(C)C. The highest BCUT2D eigenvalue weighted by atomic mass is 32.1. The Kier molecular flexibility index (Phi) is 3.73. The molecule has 0 radical (unpaired) electrons. The van der Waals surface area contributed by atoms with E-state index in [0.717, 1.165) is 11.0 Å². The maximum Gasteiger partial charge on any atom is 0.495 e. The van der Waals surface area contributed by atoms with E-state index in [2.05, 4.69) is 0 Å². The Labute approximate surface area is 120 Å². The van der Waals surface area contributed by atoms with Crippen LogP contribution in [0.3, 0.4) is 0 Å². The largest absolute Gasteiger partial charge is 0.495 e. The third kappa shape index (κ3) is 2.83. The van der Waals surface area contributed by atoms with Gasteiger partial charge >= 0.3 is 7.12 Å². The first-order chi connectivity index (χ1) is 8.73. The molecule has 1 aromatic carbocycles. The lowest BCUT2D eigenvalue weighted by Gasteiger charge is -2.32. The number of hydrogen-bond acceptors (Lipinski definition) is 3. The monoisotopic (exact) mass is 277 g/mol. The van der Waals surface area contributed by atoms with E-state index < -0.39 is 0 Å². The van der Waals surface area contributed by atoms with Gasteiger partial charge in [-0.2, -0.15) is 0 Å². The van der Waals surface area contributed by atoms with Gasteiger partial charge in [0.2, 0.25) is 0 Å². The van der Waals surface area contributed by atoms with E-state index >= 15 is 0 Å². The van der Waals surface area contributed by atoms with E-state index in [1.165, 1.54) is 0 Å².